The van der Waals surface area contributed by atoms with Crippen molar-refractivity contribution in [2.24, 2.45) is 4.99 Å². The normalized spacial score (nSPS) is 24.7. The van der Waals surface area contributed by atoms with Gasteiger partial charge in [-0.15, -0.1) is 24.0 Å². The molecule has 2 aliphatic heterocycles. The molecule has 0 amide bonds. The lowest BCUT2D eigenvalue weighted by atomic mass is 9.87. The summed E-state index contributed by atoms with van der Waals surface area (Å²) >= 11 is 0. The second-order valence-electron chi connectivity index (χ2n) is 8.45. The van der Waals surface area contributed by atoms with Gasteiger partial charge in [0.15, 0.2) is 15.8 Å². The first-order chi connectivity index (χ1) is 12.7. The molecule has 2 bridgehead atoms. The molecular formula is C20H32IN3O3S. The Morgan fingerprint density at radius 2 is 1.89 bits per heavy atom. The molecule has 0 saturated carbocycles. The van der Waals surface area contributed by atoms with Crippen LogP contribution in [0.1, 0.15) is 45.6 Å². The Hall–Kier alpha value is -0.870. The van der Waals surface area contributed by atoms with Gasteiger partial charge in [-0.1, -0.05) is 32.9 Å². The summed E-state index contributed by atoms with van der Waals surface area (Å²) in [5, 5.41) is 6.49. The van der Waals surface area contributed by atoms with Crippen LogP contribution in [0.25, 0.3) is 0 Å². The molecule has 2 aliphatic rings. The van der Waals surface area contributed by atoms with E-state index in [0.29, 0.717) is 23.5 Å². The summed E-state index contributed by atoms with van der Waals surface area (Å²) in [6.07, 6.45) is 3.82. The zero-order valence-electron chi connectivity index (χ0n) is 17.1. The highest BCUT2D eigenvalue weighted by molar-refractivity contribution is 14.0. The number of nitrogens with one attached hydrogen (secondary N) is 2. The van der Waals surface area contributed by atoms with Crippen LogP contribution in [-0.4, -0.2) is 52.0 Å². The zero-order valence-corrected chi connectivity index (χ0v) is 20.2. The molecule has 3 rings (SSSR count). The smallest absolute Gasteiger partial charge is 0.191 e. The number of sulfone groups is 1. The van der Waals surface area contributed by atoms with Gasteiger partial charge in [0.1, 0.15) is 0 Å². The minimum absolute atomic E-state index is 0. The van der Waals surface area contributed by atoms with Crippen molar-refractivity contribution in [3.8, 4) is 0 Å². The minimum Gasteiger partial charge on any atom is -0.373 e. The summed E-state index contributed by atoms with van der Waals surface area (Å²) in [5.41, 5.74) is 1.13. The van der Waals surface area contributed by atoms with Gasteiger partial charge < -0.3 is 15.4 Å². The topological polar surface area (TPSA) is 79.8 Å². The van der Waals surface area contributed by atoms with E-state index in [4.69, 9.17) is 4.74 Å². The summed E-state index contributed by atoms with van der Waals surface area (Å²) in [6.45, 7) is 6.64. The summed E-state index contributed by atoms with van der Waals surface area (Å²) in [5.74, 6) is 0.657. The van der Waals surface area contributed by atoms with E-state index < -0.39 is 9.84 Å². The van der Waals surface area contributed by atoms with Crippen molar-refractivity contribution in [2.75, 3.05) is 19.3 Å². The van der Waals surface area contributed by atoms with Crippen LogP contribution in [0.3, 0.4) is 0 Å². The third-order valence-corrected chi connectivity index (χ3v) is 7.13. The first-order valence-corrected chi connectivity index (χ1v) is 11.3. The molecule has 2 heterocycles. The van der Waals surface area contributed by atoms with Gasteiger partial charge in [0.25, 0.3) is 0 Å². The first-order valence-electron chi connectivity index (χ1n) is 9.65. The summed E-state index contributed by atoms with van der Waals surface area (Å²) < 4.78 is 31.0. The highest BCUT2D eigenvalue weighted by atomic mass is 127. The number of rotatable bonds is 5. The highest BCUT2D eigenvalue weighted by Gasteiger charge is 2.41. The average molecular weight is 521 g/mol. The maximum absolute atomic E-state index is 12.6. The van der Waals surface area contributed by atoms with Crippen LogP contribution in [0.4, 0.5) is 0 Å². The largest absolute Gasteiger partial charge is 0.373 e. The summed E-state index contributed by atoms with van der Waals surface area (Å²) in [6, 6.07) is 7.47. The van der Waals surface area contributed by atoms with Crippen LogP contribution >= 0.6 is 24.0 Å². The maximum Gasteiger partial charge on any atom is 0.191 e. The third kappa shape index (κ3) is 5.60. The van der Waals surface area contributed by atoms with Gasteiger partial charge in [-0.05, 0) is 42.4 Å². The molecule has 2 fully saturated rings. The average Bonchev–Trinajstić information content (AvgIpc) is 3.23. The van der Waals surface area contributed by atoms with Crippen LogP contribution in [0.5, 0.6) is 0 Å². The lowest BCUT2D eigenvalue weighted by molar-refractivity contribution is 0.0992. The molecule has 0 radical (unpaired) electrons. The Morgan fingerprint density at radius 1 is 1.21 bits per heavy atom. The lowest BCUT2D eigenvalue weighted by Gasteiger charge is -2.22. The van der Waals surface area contributed by atoms with E-state index in [2.05, 4.69) is 36.4 Å². The molecule has 0 aliphatic carbocycles. The number of hydrogen-bond acceptors (Lipinski definition) is 4. The Labute approximate surface area is 185 Å². The van der Waals surface area contributed by atoms with Crippen molar-refractivity contribution in [1.29, 1.82) is 0 Å². The molecule has 2 saturated heterocycles. The number of halogens is 1. The Bertz CT molecular complexity index is 788. The van der Waals surface area contributed by atoms with Crippen molar-refractivity contribution in [3.05, 3.63) is 29.8 Å². The molecular weight excluding hydrogens is 489 g/mol. The van der Waals surface area contributed by atoms with E-state index in [1.165, 1.54) is 0 Å². The van der Waals surface area contributed by atoms with E-state index in [1.54, 1.807) is 19.2 Å². The van der Waals surface area contributed by atoms with E-state index in [-0.39, 0.29) is 47.3 Å². The molecule has 3 unspecified atom stereocenters. The molecule has 0 spiro atoms. The molecule has 8 heteroatoms. The fourth-order valence-corrected chi connectivity index (χ4v) is 4.90. The van der Waals surface area contributed by atoms with Crippen molar-refractivity contribution in [2.45, 2.75) is 68.6 Å². The van der Waals surface area contributed by atoms with Gasteiger partial charge in [0, 0.05) is 13.6 Å². The summed E-state index contributed by atoms with van der Waals surface area (Å²) in [7, 11) is -1.63. The number of fused-ring (bicyclic) bond motifs is 2. The van der Waals surface area contributed by atoms with Crippen molar-refractivity contribution >= 4 is 39.8 Å². The fraction of sp³-hybridized carbons (Fsp3) is 0.650. The number of aliphatic imine (C=N–C) groups is 1. The Balaban J connectivity index is 0.00000280. The second-order valence-corrected chi connectivity index (χ2v) is 10.6. The number of ether oxygens (including phenoxy) is 1. The van der Waals surface area contributed by atoms with Crippen LogP contribution in [0.15, 0.2) is 34.2 Å². The van der Waals surface area contributed by atoms with E-state index in [0.717, 1.165) is 24.8 Å². The number of hydrogen-bond donors (Lipinski definition) is 2. The van der Waals surface area contributed by atoms with Gasteiger partial charge in [0.05, 0.1) is 28.9 Å². The monoisotopic (exact) mass is 521 g/mol. The first kappa shape index (κ1) is 23.4. The quantitative estimate of drug-likeness (QED) is 0.354. The van der Waals surface area contributed by atoms with E-state index in [9.17, 15) is 8.42 Å². The van der Waals surface area contributed by atoms with Crippen molar-refractivity contribution in [3.63, 3.8) is 0 Å². The number of nitrogens with zero attached hydrogens (tertiary/aromatic N) is 1. The predicted octanol–water partition coefficient (Wildman–Crippen LogP) is 2.86. The standard InChI is InChI=1S/C20H31N3O3S.HI/c1-20(2,3)14-5-8-16(9-6-14)27(24,25)12-11-22-19(21-4)23-17-13-15-7-10-18(17)26-15;/h5-6,8-9,15,17-18H,7,10-13H2,1-4H3,(H2,21,22,23);1H. The maximum atomic E-state index is 12.6. The highest BCUT2D eigenvalue weighted by Crippen LogP contribution is 2.34. The van der Waals surface area contributed by atoms with Gasteiger partial charge in [-0.3, -0.25) is 4.99 Å². The lowest BCUT2D eigenvalue weighted by Crippen LogP contribution is -2.48. The van der Waals surface area contributed by atoms with Crippen LogP contribution in [0.2, 0.25) is 0 Å². The molecule has 28 heavy (non-hydrogen) atoms. The van der Waals surface area contributed by atoms with Crippen LogP contribution in [0, 0.1) is 0 Å². The van der Waals surface area contributed by atoms with Gasteiger partial charge in [0.2, 0.25) is 0 Å². The minimum atomic E-state index is -3.33. The van der Waals surface area contributed by atoms with Crippen LogP contribution < -0.4 is 10.6 Å². The molecule has 6 nitrogen and oxygen atoms in total. The molecule has 158 valence electrons. The molecule has 1 aromatic rings. The fourth-order valence-electron chi connectivity index (χ4n) is 3.74. The van der Waals surface area contributed by atoms with Crippen molar-refractivity contribution in [1.82, 2.24) is 10.6 Å². The second kappa shape index (κ2) is 9.30. The zero-order chi connectivity index (χ0) is 19.7. The van der Waals surface area contributed by atoms with Gasteiger partial charge in [-0.25, -0.2) is 8.42 Å². The van der Waals surface area contributed by atoms with Gasteiger partial charge >= 0.3 is 0 Å². The predicted molar refractivity (Wildman–Crippen MR) is 123 cm³/mol. The molecule has 0 aromatic heterocycles. The SMILES string of the molecule is CN=C(NCCS(=O)(=O)c1ccc(C(C)(C)C)cc1)NC1CC2CCC1O2.I. The van der Waals surface area contributed by atoms with Crippen LogP contribution in [-0.2, 0) is 20.0 Å². The van der Waals surface area contributed by atoms with E-state index in [1.807, 2.05) is 12.1 Å². The van der Waals surface area contributed by atoms with Gasteiger partial charge in [-0.2, -0.15) is 0 Å². The Kier molecular flexibility index (Phi) is 7.77. The van der Waals surface area contributed by atoms with E-state index >= 15 is 0 Å². The molecule has 2 N–H and O–H groups in total. The third-order valence-electron chi connectivity index (χ3n) is 5.39. The number of guanidine groups is 1. The number of benzene rings is 1. The van der Waals surface area contributed by atoms with Crippen molar-refractivity contribution < 1.29 is 13.2 Å². The molecule has 1 aromatic carbocycles. The summed E-state index contributed by atoms with van der Waals surface area (Å²) in [4.78, 5) is 4.57. The Morgan fingerprint density at radius 3 is 2.39 bits per heavy atom. The molecule has 3 atom stereocenters.